The highest BCUT2D eigenvalue weighted by Crippen LogP contribution is 2.17. The molecule has 0 aliphatic rings. The largest absolute Gasteiger partial charge is 0.321 e. The van der Waals surface area contributed by atoms with Crippen LogP contribution < -0.4 is 5.32 Å². The molecule has 0 saturated heterocycles. The Morgan fingerprint density at radius 2 is 1.83 bits per heavy atom. The lowest BCUT2D eigenvalue weighted by Crippen LogP contribution is -2.16. The second-order valence-corrected chi connectivity index (χ2v) is 5.70. The van der Waals surface area contributed by atoms with Gasteiger partial charge >= 0.3 is 0 Å². The van der Waals surface area contributed by atoms with Crippen LogP contribution in [0.4, 0.5) is 5.69 Å². The Morgan fingerprint density at radius 1 is 1.09 bits per heavy atom. The summed E-state index contributed by atoms with van der Waals surface area (Å²) in [4.78, 5) is 17.3. The van der Waals surface area contributed by atoms with E-state index >= 15 is 0 Å². The van der Waals surface area contributed by atoms with Crippen molar-refractivity contribution in [1.82, 2.24) is 9.38 Å². The third-order valence-corrected chi connectivity index (χ3v) is 4.01. The van der Waals surface area contributed by atoms with Crippen molar-refractivity contribution < 1.29 is 4.79 Å². The number of nitrogens with zero attached hydrogens (tertiary/aromatic N) is 2. The van der Waals surface area contributed by atoms with Gasteiger partial charge in [0.25, 0.3) is 5.91 Å². The fourth-order valence-electron chi connectivity index (χ4n) is 2.70. The fourth-order valence-corrected chi connectivity index (χ4v) is 2.70. The maximum absolute atomic E-state index is 12.8. The predicted molar refractivity (Wildman–Crippen MR) is 93.1 cm³/mol. The summed E-state index contributed by atoms with van der Waals surface area (Å²) in [5, 5.41) is 2.98. The molecule has 4 heteroatoms. The van der Waals surface area contributed by atoms with Gasteiger partial charge in [0, 0.05) is 11.9 Å². The summed E-state index contributed by atoms with van der Waals surface area (Å²) < 4.78 is 1.88. The molecule has 1 N–H and O–H groups in total. The van der Waals surface area contributed by atoms with E-state index in [1.807, 2.05) is 60.8 Å². The Bertz CT molecular complexity index is 847. The lowest BCUT2D eigenvalue weighted by molar-refractivity contribution is 0.102. The fraction of sp³-hybridized carbons (Fsp3) is 0.263. The van der Waals surface area contributed by atoms with Crippen molar-refractivity contribution in [3.05, 3.63) is 65.1 Å². The second kappa shape index (κ2) is 6.24. The number of benzene rings is 1. The number of pyridine rings is 1. The standard InChI is InChI=1S/C19H21N3O/c1-4-14-7-9-15(10-8-14)20-19(23)18-16(5-2)21-17-11-6-13(3)12-22(17)18/h6-12H,4-5H2,1-3H3,(H,20,23). The molecule has 3 rings (SSSR count). The lowest BCUT2D eigenvalue weighted by Gasteiger charge is -2.08. The van der Waals surface area contributed by atoms with E-state index in [-0.39, 0.29) is 5.91 Å². The number of hydrogen-bond acceptors (Lipinski definition) is 2. The van der Waals surface area contributed by atoms with E-state index in [0.717, 1.165) is 35.4 Å². The van der Waals surface area contributed by atoms with Gasteiger partial charge in [-0.3, -0.25) is 9.20 Å². The van der Waals surface area contributed by atoms with Crippen LogP contribution in [0, 0.1) is 6.92 Å². The Labute approximate surface area is 136 Å². The summed E-state index contributed by atoms with van der Waals surface area (Å²) in [5.74, 6) is -0.121. The zero-order valence-corrected chi connectivity index (χ0v) is 13.8. The smallest absolute Gasteiger partial charge is 0.274 e. The molecule has 0 atom stereocenters. The Kier molecular flexibility index (Phi) is 4.15. The van der Waals surface area contributed by atoms with E-state index in [1.54, 1.807) is 0 Å². The number of carbonyl (C=O) groups excluding carboxylic acids is 1. The van der Waals surface area contributed by atoms with Gasteiger partial charge in [0.05, 0.1) is 5.69 Å². The molecule has 3 aromatic rings. The normalized spacial score (nSPS) is 10.9. The summed E-state index contributed by atoms with van der Waals surface area (Å²) in [7, 11) is 0. The van der Waals surface area contributed by atoms with Gasteiger partial charge in [-0.05, 0) is 49.1 Å². The number of carbonyl (C=O) groups is 1. The molecule has 1 aromatic carbocycles. The second-order valence-electron chi connectivity index (χ2n) is 5.70. The number of aromatic nitrogens is 2. The third-order valence-electron chi connectivity index (χ3n) is 4.01. The van der Waals surface area contributed by atoms with E-state index < -0.39 is 0 Å². The molecule has 2 aromatic heterocycles. The van der Waals surface area contributed by atoms with E-state index in [0.29, 0.717) is 5.69 Å². The van der Waals surface area contributed by atoms with Crippen LogP contribution in [0.1, 0.15) is 41.2 Å². The van der Waals surface area contributed by atoms with Crippen molar-refractivity contribution in [2.24, 2.45) is 0 Å². The molecule has 0 aliphatic heterocycles. The molecule has 2 heterocycles. The zero-order chi connectivity index (χ0) is 16.4. The highest BCUT2D eigenvalue weighted by molar-refractivity contribution is 6.04. The number of amides is 1. The van der Waals surface area contributed by atoms with Crippen LogP contribution in [0.3, 0.4) is 0 Å². The summed E-state index contributed by atoms with van der Waals surface area (Å²) in [6, 6.07) is 11.9. The third kappa shape index (κ3) is 2.97. The number of imidazole rings is 1. The predicted octanol–water partition coefficient (Wildman–Crippen LogP) is 4.02. The summed E-state index contributed by atoms with van der Waals surface area (Å²) in [6.07, 6.45) is 3.66. The molecule has 4 nitrogen and oxygen atoms in total. The number of nitrogens with one attached hydrogen (secondary N) is 1. The molecule has 0 saturated carbocycles. The van der Waals surface area contributed by atoms with Crippen LogP contribution in [0.5, 0.6) is 0 Å². The van der Waals surface area contributed by atoms with Crippen LogP contribution in [0.25, 0.3) is 5.65 Å². The molecule has 0 spiro atoms. The SMILES string of the molecule is CCc1ccc(NC(=O)c2c(CC)nc3ccc(C)cn23)cc1. The average molecular weight is 307 g/mol. The van der Waals surface area contributed by atoms with Crippen LogP contribution in [0.2, 0.25) is 0 Å². The van der Waals surface area contributed by atoms with Crippen molar-refractivity contribution >= 4 is 17.2 Å². The molecular weight excluding hydrogens is 286 g/mol. The van der Waals surface area contributed by atoms with Crippen LogP contribution >= 0.6 is 0 Å². The summed E-state index contributed by atoms with van der Waals surface area (Å²) in [5.41, 5.74) is 5.39. The molecule has 0 fully saturated rings. The lowest BCUT2D eigenvalue weighted by atomic mass is 10.1. The highest BCUT2D eigenvalue weighted by Gasteiger charge is 2.18. The minimum Gasteiger partial charge on any atom is -0.321 e. The minimum atomic E-state index is -0.121. The zero-order valence-electron chi connectivity index (χ0n) is 13.8. The molecule has 1 amide bonds. The molecule has 0 aliphatic carbocycles. The van der Waals surface area contributed by atoms with E-state index in [4.69, 9.17) is 0 Å². The summed E-state index contributed by atoms with van der Waals surface area (Å²) >= 11 is 0. The van der Waals surface area contributed by atoms with Gasteiger partial charge in [0.2, 0.25) is 0 Å². The Balaban J connectivity index is 1.97. The average Bonchev–Trinajstić information content (AvgIpc) is 2.93. The van der Waals surface area contributed by atoms with Gasteiger partial charge in [-0.25, -0.2) is 4.98 Å². The van der Waals surface area contributed by atoms with E-state index in [9.17, 15) is 4.79 Å². The van der Waals surface area contributed by atoms with Gasteiger partial charge < -0.3 is 5.32 Å². The topological polar surface area (TPSA) is 46.4 Å². The van der Waals surface area contributed by atoms with Crippen molar-refractivity contribution in [3.8, 4) is 0 Å². The number of fused-ring (bicyclic) bond motifs is 1. The first-order chi connectivity index (χ1) is 11.1. The molecule has 0 unspecified atom stereocenters. The highest BCUT2D eigenvalue weighted by atomic mass is 16.2. The van der Waals surface area contributed by atoms with Crippen molar-refractivity contribution in [2.45, 2.75) is 33.6 Å². The molecule has 23 heavy (non-hydrogen) atoms. The van der Waals surface area contributed by atoms with Gasteiger partial charge in [-0.1, -0.05) is 32.0 Å². The van der Waals surface area contributed by atoms with Gasteiger partial charge in [-0.15, -0.1) is 0 Å². The van der Waals surface area contributed by atoms with Crippen LogP contribution in [-0.4, -0.2) is 15.3 Å². The Morgan fingerprint density at radius 3 is 2.48 bits per heavy atom. The van der Waals surface area contributed by atoms with E-state index in [1.165, 1.54) is 5.56 Å². The number of aryl methyl sites for hydroxylation is 3. The van der Waals surface area contributed by atoms with Gasteiger partial charge in [-0.2, -0.15) is 0 Å². The maximum atomic E-state index is 12.8. The van der Waals surface area contributed by atoms with Gasteiger partial charge in [0.1, 0.15) is 11.3 Å². The molecular formula is C19H21N3O. The van der Waals surface area contributed by atoms with Crippen molar-refractivity contribution in [1.29, 1.82) is 0 Å². The number of hydrogen-bond donors (Lipinski definition) is 1. The van der Waals surface area contributed by atoms with Crippen molar-refractivity contribution in [2.75, 3.05) is 5.32 Å². The number of rotatable bonds is 4. The quantitative estimate of drug-likeness (QED) is 0.791. The van der Waals surface area contributed by atoms with Crippen LogP contribution in [-0.2, 0) is 12.8 Å². The number of anilines is 1. The summed E-state index contributed by atoms with van der Waals surface area (Å²) in [6.45, 7) is 6.14. The van der Waals surface area contributed by atoms with Crippen molar-refractivity contribution in [3.63, 3.8) is 0 Å². The van der Waals surface area contributed by atoms with Crippen LogP contribution in [0.15, 0.2) is 42.6 Å². The minimum absolute atomic E-state index is 0.121. The monoisotopic (exact) mass is 307 g/mol. The molecule has 0 bridgehead atoms. The molecule has 0 radical (unpaired) electrons. The maximum Gasteiger partial charge on any atom is 0.274 e. The van der Waals surface area contributed by atoms with Gasteiger partial charge in [0.15, 0.2) is 0 Å². The van der Waals surface area contributed by atoms with E-state index in [2.05, 4.69) is 17.2 Å². The molecule has 118 valence electrons. The Hall–Kier alpha value is -2.62. The first-order valence-electron chi connectivity index (χ1n) is 8.00. The first kappa shape index (κ1) is 15.3. The first-order valence-corrected chi connectivity index (χ1v) is 8.00.